The molecular weight excluding hydrogens is 412 g/mol. The molecule has 3 aromatic heterocycles. The van der Waals surface area contributed by atoms with E-state index >= 15 is 0 Å². The Kier molecular flexibility index (Phi) is 5.18. The van der Waals surface area contributed by atoms with Gasteiger partial charge in [-0.1, -0.05) is 17.4 Å². The molecule has 0 fully saturated rings. The molecule has 0 saturated carbocycles. The van der Waals surface area contributed by atoms with E-state index in [1.807, 2.05) is 42.0 Å². The van der Waals surface area contributed by atoms with Crippen LogP contribution in [-0.4, -0.2) is 17.1 Å². The molecule has 8 heteroatoms. The summed E-state index contributed by atoms with van der Waals surface area (Å²) >= 11 is 4.47. The normalized spacial score (nSPS) is 16.8. The standard InChI is InChI=1S/C20H18N2O3S3/c1-4-25-19(24)16-12(3)21-20-22(17(16)13-6-5-8-26-13)18(23)15(28-20)10-14-11(2)7-9-27-14/h5-10,17H,4H2,1-3H3/b15-10-. The maximum atomic E-state index is 13.3. The number of rotatable bonds is 4. The lowest BCUT2D eigenvalue weighted by Crippen LogP contribution is -2.39. The van der Waals surface area contributed by atoms with E-state index in [-0.39, 0.29) is 12.2 Å². The quantitative estimate of drug-likeness (QED) is 0.597. The number of fused-ring (bicyclic) bond motifs is 1. The second-order valence-electron chi connectivity index (χ2n) is 6.29. The van der Waals surface area contributed by atoms with Gasteiger partial charge >= 0.3 is 5.97 Å². The summed E-state index contributed by atoms with van der Waals surface area (Å²) in [6, 6.07) is 5.38. The first-order valence-electron chi connectivity index (χ1n) is 8.78. The molecule has 0 radical (unpaired) electrons. The van der Waals surface area contributed by atoms with Crippen molar-refractivity contribution >= 4 is 46.1 Å². The first kappa shape index (κ1) is 19.0. The monoisotopic (exact) mass is 430 g/mol. The number of thiophene rings is 2. The number of nitrogens with zero attached hydrogens (tertiary/aromatic N) is 2. The molecule has 1 aliphatic heterocycles. The lowest BCUT2D eigenvalue weighted by atomic mass is 10.0. The van der Waals surface area contributed by atoms with Crippen molar-refractivity contribution in [2.45, 2.75) is 26.8 Å². The van der Waals surface area contributed by atoms with Gasteiger partial charge in [-0.3, -0.25) is 9.36 Å². The Morgan fingerprint density at radius 1 is 1.29 bits per heavy atom. The van der Waals surface area contributed by atoms with Crippen LogP contribution in [0.2, 0.25) is 0 Å². The van der Waals surface area contributed by atoms with Crippen molar-refractivity contribution < 1.29 is 9.53 Å². The summed E-state index contributed by atoms with van der Waals surface area (Å²) in [5.74, 6) is -0.425. The van der Waals surface area contributed by atoms with Crippen molar-refractivity contribution in [3.8, 4) is 0 Å². The highest BCUT2D eigenvalue weighted by molar-refractivity contribution is 7.11. The van der Waals surface area contributed by atoms with E-state index in [9.17, 15) is 9.59 Å². The van der Waals surface area contributed by atoms with Gasteiger partial charge in [0.25, 0.3) is 5.56 Å². The number of aryl methyl sites for hydroxylation is 1. The number of esters is 1. The molecule has 28 heavy (non-hydrogen) atoms. The Hall–Kier alpha value is -2.29. The summed E-state index contributed by atoms with van der Waals surface area (Å²) in [4.78, 5) is 33.1. The Bertz CT molecular complexity index is 1240. The third kappa shape index (κ3) is 3.21. The van der Waals surface area contributed by atoms with E-state index in [0.717, 1.165) is 15.3 Å². The first-order chi connectivity index (χ1) is 13.5. The molecule has 0 aromatic carbocycles. The number of aromatic nitrogens is 1. The molecule has 0 aliphatic carbocycles. The summed E-state index contributed by atoms with van der Waals surface area (Å²) in [5.41, 5.74) is 2.02. The molecule has 144 valence electrons. The predicted molar refractivity (Wildman–Crippen MR) is 114 cm³/mol. The van der Waals surface area contributed by atoms with Crippen LogP contribution in [-0.2, 0) is 9.53 Å². The van der Waals surface area contributed by atoms with Crippen molar-refractivity contribution in [3.63, 3.8) is 0 Å². The molecule has 0 bridgehead atoms. The fourth-order valence-corrected chi connectivity index (χ4v) is 5.94. The summed E-state index contributed by atoms with van der Waals surface area (Å²) in [5, 5.41) is 3.95. The van der Waals surface area contributed by atoms with Crippen LogP contribution in [0.4, 0.5) is 0 Å². The van der Waals surface area contributed by atoms with Crippen molar-refractivity contribution in [2.24, 2.45) is 4.99 Å². The zero-order valence-electron chi connectivity index (χ0n) is 15.6. The number of carbonyl (C=O) groups excluding carboxylic acids is 1. The molecule has 0 amide bonds. The van der Waals surface area contributed by atoms with E-state index in [4.69, 9.17) is 4.74 Å². The van der Waals surface area contributed by atoms with Crippen molar-refractivity contribution in [1.29, 1.82) is 0 Å². The first-order valence-corrected chi connectivity index (χ1v) is 11.4. The van der Waals surface area contributed by atoms with Crippen molar-refractivity contribution in [3.05, 3.63) is 75.2 Å². The number of ether oxygens (including phenoxy) is 1. The lowest BCUT2D eigenvalue weighted by Gasteiger charge is -2.23. The number of carbonyl (C=O) groups is 1. The zero-order chi connectivity index (χ0) is 19.8. The zero-order valence-corrected chi connectivity index (χ0v) is 18.0. The van der Waals surface area contributed by atoms with Gasteiger partial charge in [0.1, 0.15) is 6.04 Å². The highest BCUT2D eigenvalue weighted by atomic mass is 32.1. The third-order valence-electron chi connectivity index (χ3n) is 4.49. The van der Waals surface area contributed by atoms with Gasteiger partial charge in [-0.05, 0) is 55.3 Å². The van der Waals surface area contributed by atoms with Crippen LogP contribution in [0.25, 0.3) is 6.08 Å². The van der Waals surface area contributed by atoms with Crippen molar-refractivity contribution in [1.82, 2.24) is 4.57 Å². The minimum absolute atomic E-state index is 0.135. The van der Waals surface area contributed by atoms with Crippen LogP contribution in [0.3, 0.4) is 0 Å². The highest BCUT2D eigenvalue weighted by Gasteiger charge is 2.33. The van der Waals surface area contributed by atoms with Crippen LogP contribution in [0, 0.1) is 6.92 Å². The summed E-state index contributed by atoms with van der Waals surface area (Å²) in [6.45, 7) is 5.87. The van der Waals surface area contributed by atoms with Gasteiger partial charge in [0.15, 0.2) is 4.80 Å². The molecule has 5 nitrogen and oxygen atoms in total. The van der Waals surface area contributed by atoms with Crippen LogP contribution >= 0.6 is 34.0 Å². The van der Waals surface area contributed by atoms with Crippen LogP contribution < -0.4 is 14.9 Å². The Morgan fingerprint density at radius 3 is 2.75 bits per heavy atom. The molecule has 0 saturated heterocycles. The maximum absolute atomic E-state index is 13.3. The molecular formula is C20H18N2O3S3. The van der Waals surface area contributed by atoms with Gasteiger partial charge in [0.05, 0.1) is 22.4 Å². The summed E-state index contributed by atoms with van der Waals surface area (Å²) in [7, 11) is 0. The van der Waals surface area contributed by atoms with Gasteiger partial charge in [0, 0.05) is 9.75 Å². The van der Waals surface area contributed by atoms with Gasteiger partial charge in [-0.15, -0.1) is 22.7 Å². The van der Waals surface area contributed by atoms with Gasteiger partial charge in [0.2, 0.25) is 0 Å². The highest BCUT2D eigenvalue weighted by Crippen LogP contribution is 2.33. The van der Waals surface area contributed by atoms with Gasteiger partial charge in [-0.25, -0.2) is 9.79 Å². The van der Waals surface area contributed by atoms with Crippen molar-refractivity contribution in [2.75, 3.05) is 6.61 Å². The Labute approximate surface area is 173 Å². The fourth-order valence-electron chi connectivity index (χ4n) is 3.16. The molecule has 1 atom stereocenters. The van der Waals surface area contributed by atoms with E-state index < -0.39 is 12.0 Å². The number of hydrogen-bond acceptors (Lipinski definition) is 7. The molecule has 4 rings (SSSR count). The van der Waals surface area contributed by atoms with E-state index in [1.54, 1.807) is 29.8 Å². The van der Waals surface area contributed by atoms with Gasteiger partial charge < -0.3 is 4.74 Å². The predicted octanol–water partition coefficient (Wildman–Crippen LogP) is 3.23. The summed E-state index contributed by atoms with van der Waals surface area (Å²) < 4.78 is 7.52. The summed E-state index contributed by atoms with van der Waals surface area (Å²) in [6.07, 6.45) is 1.92. The third-order valence-corrected chi connectivity index (χ3v) is 7.37. The average Bonchev–Trinajstić information content (AvgIpc) is 3.38. The minimum Gasteiger partial charge on any atom is -0.463 e. The Balaban J connectivity index is 1.96. The van der Waals surface area contributed by atoms with E-state index in [1.165, 1.54) is 22.7 Å². The van der Waals surface area contributed by atoms with E-state index in [0.29, 0.717) is 20.6 Å². The maximum Gasteiger partial charge on any atom is 0.338 e. The van der Waals surface area contributed by atoms with Crippen LogP contribution in [0.5, 0.6) is 0 Å². The largest absolute Gasteiger partial charge is 0.463 e. The second kappa shape index (κ2) is 7.62. The minimum atomic E-state index is -0.512. The molecule has 1 aliphatic rings. The molecule has 0 N–H and O–H groups in total. The lowest BCUT2D eigenvalue weighted by molar-refractivity contribution is -0.139. The molecule has 1 unspecified atom stereocenters. The average molecular weight is 431 g/mol. The van der Waals surface area contributed by atoms with Crippen LogP contribution in [0.15, 0.2) is 50.0 Å². The van der Waals surface area contributed by atoms with E-state index in [2.05, 4.69) is 4.99 Å². The SMILES string of the molecule is CCOC(=O)C1=C(C)N=c2s/c(=C\c3sccc3C)c(=O)n2C1c1cccs1. The molecule has 3 aromatic rings. The Morgan fingerprint density at radius 2 is 2.11 bits per heavy atom. The number of allylic oxidation sites excluding steroid dienone is 1. The smallest absolute Gasteiger partial charge is 0.338 e. The molecule has 4 heterocycles. The number of thiazole rings is 1. The number of hydrogen-bond donors (Lipinski definition) is 0. The van der Waals surface area contributed by atoms with Gasteiger partial charge in [-0.2, -0.15) is 0 Å². The van der Waals surface area contributed by atoms with Crippen LogP contribution in [0.1, 0.15) is 35.2 Å². The molecule has 0 spiro atoms. The fraction of sp³-hybridized carbons (Fsp3) is 0.250. The topological polar surface area (TPSA) is 60.7 Å². The second-order valence-corrected chi connectivity index (χ2v) is 9.22.